The van der Waals surface area contributed by atoms with Gasteiger partial charge in [-0.05, 0) is 26.2 Å². The molecule has 0 aromatic rings. The van der Waals surface area contributed by atoms with Crippen LogP contribution in [-0.4, -0.2) is 70.7 Å². The van der Waals surface area contributed by atoms with Crippen molar-refractivity contribution < 1.29 is 38.7 Å². The van der Waals surface area contributed by atoms with Gasteiger partial charge in [-0.3, -0.25) is 28.8 Å². The summed E-state index contributed by atoms with van der Waals surface area (Å²) in [6, 6.07) is -5.13. The van der Waals surface area contributed by atoms with Crippen LogP contribution in [0.1, 0.15) is 45.4 Å². The average Bonchev–Trinajstić information content (AvgIpc) is 2.70. The van der Waals surface area contributed by atoms with Gasteiger partial charge < -0.3 is 44.0 Å². The fourth-order valence-corrected chi connectivity index (χ4v) is 2.48. The highest BCUT2D eigenvalue weighted by atomic mass is 16.4. The molecule has 6 amide bonds. The van der Waals surface area contributed by atoms with Gasteiger partial charge in [-0.1, -0.05) is 0 Å². The molecule has 0 rings (SSSR count). The van der Waals surface area contributed by atoms with E-state index < -0.39 is 65.6 Å². The molecule has 15 heteroatoms. The molecule has 0 aromatic heterocycles. The predicted molar refractivity (Wildman–Crippen MR) is 112 cm³/mol. The first kappa shape index (κ1) is 29.2. The Labute approximate surface area is 189 Å². The van der Waals surface area contributed by atoms with E-state index in [4.69, 9.17) is 22.9 Å². The van der Waals surface area contributed by atoms with Crippen LogP contribution >= 0.6 is 0 Å². The van der Waals surface area contributed by atoms with Gasteiger partial charge >= 0.3 is 5.97 Å². The van der Waals surface area contributed by atoms with E-state index in [0.29, 0.717) is 0 Å². The summed E-state index contributed by atoms with van der Waals surface area (Å²) in [7, 11) is 0. The smallest absolute Gasteiger partial charge is 0.326 e. The van der Waals surface area contributed by atoms with Gasteiger partial charge in [0.1, 0.15) is 18.1 Å². The minimum atomic E-state index is -1.47. The van der Waals surface area contributed by atoms with E-state index in [0.717, 1.165) is 0 Å². The fourth-order valence-electron chi connectivity index (χ4n) is 2.48. The van der Waals surface area contributed by atoms with E-state index in [2.05, 4.69) is 16.0 Å². The summed E-state index contributed by atoms with van der Waals surface area (Å²) in [6.45, 7) is 1.30. The van der Waals surface area contributed by atoms with Gasteiger partial charge in [0.2, 0.25) is 35.4 Å². The highest BCUT2D eigenvalue weighted by molar-refractivity contribution is 5.94. The van der Waals surface area contributed by atoms with Crippen molar-refractivity contribution in [3.05, 3.63) is 0 Å². The third kappa shape index (κ3) is 12.6. The summed E-state index contributed by atoms with van der Waals surface area (Å²) in [4.78, 5) is 81.2. The largest absolute Gasteiger partial charge is 0.480 e. The van der Waals surface area contributed by atoms with Crippen LogP contribution < -0.4 is 38.9 Å². The summed E-state index contributed by atoms with van der Waals surface area (Å²) in [5, 5.41) is 16.0. The van der Waals surface area contributed by atoms with E-state index in [1.54, 1.807) is 0 Å². The van der Waals surface area contributed by atoms with Gasteiger partial charge in [0.05, 0.1) is 6.04 Å². The van der Waals surface area contributed by atoms with Crippen LogP contribution in [0.4, 0.5) is 0 Å². The third-order valence-electron chi connectivity index (χ3n) is 4.40. The molecule has 0 aliphatic rings. The van der Waals surface area contributed by atoms with E-state index >= 15 is 0 Å². The second-order valence-corrected chi connectivity index (χ2v) is 7.31. The zero-order chi connectivity index (χ0) is 25.7. The van der Waals surface area contributed by atoms with Gasteiger partial charge in [0, 0.05) is 19.3 Å². The van der Waals surface area contributed by atoms with Gasteiger partial charge in [-0.15, -0.1) is 0 Å². The molecular formula is C18H31N7O8. The lowest BCUT2D eigenvalue weighted by molar-refractivity contribution is -0.142. The molecule has 0 spiro atoms. The van der Waals surface area contributed by atoms with Crippen LogP contribution in [-0.2, 0) is 33.6 Å². The van der Waals surface area contributed by atoms with Crippen LogP contribution in [0.3, 0.4) is 0 Å². The maximum atomic E-state index is 12.5. The Morgan fingerprint density at radius 3 is 1.55 bits per heavy atom. The first-order valence-electron chi connectivity index (χ1n) is 9.99. The number of carboxylic acid groups (broad SMARTS) is 1. The van der Waals surface area contributed by atoms with Crippen molar-refractivity contribution >= 4 is 41.4 Å². The van der Waals surface area contributed by atoms with Crippen molar-refractivity contribution in [2.24, 2.45) is 22.9 Å². The monoisotopic (exact) mass is 473 g/mol. The molecule has 0 saturated carbocycles. The summed E-state index contributed by atoms with van der Waals surface area (Å²) < 4.78 is 0. The number of hydrogen-bond acceptors (Lipinski definition) is 8. The van der Waals surface area contributed by atoms with Crippen LogP contribution in [0.5, 0.6) is 0 Å². The molecule has 186 valence electrons. The number of carbonyl (C=O) groups excluding carboxylic acids is 6. The highest BCUT2D eigenvalue weighted by Crippen LogP contribution is 2.03. The molecule has 4 atom stereocenters. The summed E-state index contributed by atoms with van der Waals surface area (Å²) >= 11 is 0. The minimum absolute atomic E-state index is 0.0406. The standard InChI is InChI=1S/C18H31N7O8/c1-8(23-16(30)9(19)2-5-12(20)26)15(29)24-10(3-6-13(21)27)17(31)25-11(18(32)33)4-7-14(22)28/h8-11H,2-7,19H2,1H3,(H2,20,26)(H2,21,27)(H2,22,28)(H,23,30)(H,24,29)(H,25,31)(H,32,33). The SMILES string of the molecule is CC(NC(=O)C(N)CCC(N)=O)C(=O)NC(CCC(N)=O)C(=O)NC(CCC(N)=O)C(=O)O. The molecule has 33 heavy (non-hydrogen) atoms. The normalized spacial score (nSPS) is 14.1. The molecule has 0 bridgehead atoms. The fraction of sp³-hybridized carbons (Fsp3) is 0.611. The lowest BCUT2D eigenvalue weighted by Gasteiger charge is -2.23. The molecule has 0 fully saturated rings. The maximum Gasteiger partial charge on any atom is 0.326 e. The topological polar surface area (TPSA) is 280 Å². The predicted octanol–water partition coefficient (Wildman–Crippen LogP) is -4.33. The molecule has 4 unspecified atom stereocenters. The molecule has 0 aromatic carbocycles. The van der Waals surface area contributed by atoms with Crippen molar-refractivity contribution in [2.75, 3.05) is 0 Å². The lowest BCUT2D eigenvalue weighted by Crippen LogP contribution is -2.56. The van der Waals surface area contributed by atoms with Gasteiger partial charge in [0.15, 0.2) is 0 Å². The number of nitrogens with two attached hydrogens (primary N) is 4. The van der Waals surface area contributed by atoms with Crippen LogP contribution in [0.2, 0.25) is 0 Å². The van der Waals surface area contributed by atoms with Crippen LogP contribution in [0.25, 0.3) is 0 Å². The number of carbonyl (C=O) groups is 7. The van der Waals surface area contributed by atoms with Crippen molar-refractivity contribution in [1.29, 1.82) is 0 Å². The quantitative estimate of drug-likeness (QED) is 0.107. The lowest BCUT2D eigenvalue weighted by atomic mass is 10.1. The van der Waals surface area contributed by atoms with Gasteiger partial charge in [-0.25, -0.2) is 4.79 Å². The summed E-state index contributed by atoms with van der Waals surface area (Å²) in [5.41, 5.74) is 20.7. The van der Waals surface area contributed by atoms with E-state index in [-0.39, 0.29) is 38.5 Å². The van der Waals surface area contributed by atoms with E-state index in [9.17, 15) is 38.7 Å². The number of primary amides is 3. The van der Waals surface area contributed by atoms with Gasteiger partial charge in [-0.2, -0.15) is 0 Å². The number of hydrogen-bond donors (Lipinski definition) is 8. The highest BCUT2D eigenvalue weighted by Gasteiger charge is 2.29. The second kappa shape index (κ2) is 14.3. The Morgan fingerprint density at radius 2 is 1.09 bits per heavy atom. The molecule has 0 radical (unpaired) electrons. The average molecular weight is 473 g/mol. The number of rotatable bonds is 16. The number of amides is 6. The summed E-state index contributed by atoms with van der Waals surface area (Å²) in [5.74, 6) is -6.15. The number of carboxylic acids is 1. The molecule has 0 heterocycles. The van der Waals surface area contributed by atoms with Crippen molar-refractivity contribution in [1.82, 2.24) is 16.0 Å². The molecular weight excluding hydrogens is 442 g/mol. The minimum Gasteiger partial charge on any atom is -0.480 e. The zero-order valence-electron chi connectivity index (χ0n) is 18.2. The van der Waals surface area contributed by atoms with Crippen molar-refractivity contribution in [2.45, 2.75) is 69.6 Å². The number of aliphatic carboxylic acids is 1. The summed E-state index contributed by atoms with van der Waals surface area (Å²) in [6.07, 6.45) is -1.34. The molecule has 15 nitrogen and oxygen atoms in total. The Balaban J connectivity index is 5.16. The van der Waals surface area contributed by atoms with Crippen LogP contribution in [0, 0.1) is 0 Å². The molecule has 0 aliphatic carbocycles. The Bertz CT molecular complexity index is 773. The maximum absolute atomic E-state index is 12.5. The van der Waals surface area contributed by atoms with Gasteiger partial charge in [0.25, 0.3) is 0 Å². The number of nitrogens with one attached hydrogen (secondary N) is 3. The first-order valence-corrected chi connectivity index (χ1v) is 9.99. The second-order valence-electron chi connectivity index (χ2n) is 7.31. The zero-order valence-corrected chi connectivity index (χ0v) is 18.2. The molecule has 0 aliphatic heterocycles. The first-order chi connectivity index (χ1) is 15.2. The Morgan fingerprint density at radius 1 is 0.667 bits per heavy atom. The van der Waals surface area contributed by atoms with Crippen molar-refractivity contribution in [3.63, 3.8) is 0 Å². The molecule has 0 saturated heterocycles. The van der Waals surface area contributed by atoms with Crippen LogP contribution in [0.15, 0.2) is 0 Å². The van der Waals surface area contributed by atoms with E-state index in [1.165, 1.54) is 6.92 Å². The van der Waals surface area contributed by atoms with E-state index in [1.807, 2.05) is 0 Å². The third-order valence-corrected chi connectivity index (χ3v) is 4.40. The molecule has 12 N–H and O–H groups in total. The Hall–Kier alpha value is -3.75. The van der Waals surface area contributed by atoms with Crippen molar-refractivity contribution in [3.8, 4) is 0 Å². The Kier molecular flexibility index (Phi) is 12.7.